The Morgan fingerprint density at radius 3 is 2.97 bits per heavy atom. The minimum Gasteiger partial charge on any atom is -0.457 e. The number of aromatic nitrogens is 3. The maximum atomic E-state index is 12.7. The predicted molar refractivity (Wildman–Crippen MR) is 128 cm³/mol. The average molecular weight is 491 g/mol. The minimum absolute atomic E-state index is 0.0471. The van der Waals surface area contributed by atoms with E-state index in [0.29, 0.717) is 32.2 Å². The predicted octanol–water partition coefficient (Wildman–Crippen LogP) is 3.95. The number of carbonyl (C=O) groups is 2. The smallest absolute Gasteiger partial charge is 0.350 e. The number of rotatable bonds is 7. The first-order chi connectivity index (χ1) is 15.4. The topological polar surface area (TPSA) is 114 Å². The van der Waals surface area contributed by atoms with Crippen LogP contribution in [0.5, 0.6) is 0 Å². The molecule has 0 saturated heterocycles. The average Bonchev–Trinajstić information content (AvgIpc) is 3.29. The van der Waals surface area contributed by atoms with Gasteiger partial charge in [-0.25, -0.2) is 14.8 Å². The number of anilines is 1. The number of nitrogens with zero attached hydrogens (tertiary/aromatic N) is 2. The van der Waals surface area contributed by atoms with Crippen molar-refractivity contribution in [2.75, 3.05) is 17.7 Å². The quantitative estimate of drug-likeness (QED) is 0.223. The molecule has 11 heteroatoms. The number of fused-ring (bicyclic) bond motifs is 3. The monoisotopic (exact) mass is 490 g/mol. The molecule has 3 aromatic rings. The maximum Gasteiger partial charge on any atom is 0.350 e. The molecule has 0 fully saturated rings. The lowest BCUT2D eigenvalue weighted by Gasteiger charge is -2.17. The Morgan fingerprint density at radius 1 is 1.38 bits per heavy atom. The fourth-order valence-electron chi connectivity index (χ4n) is 3.53. The van der Waals surface area contributed by atoms with Crippen LogP contribution in [0.15, 0.2) is 22.6 Å². The number of hydrogen-bond acceptors (Lipinski definition) is 9. The molecule has 32 heavy (non-hydrogen) atoms. The molecule has 0 saturated carbocycles. The first-order valence-electron chi connectivity index (χ1n) is 10.1. The Hall–Kier alpha value is -2.50. The number of thiazole rings is 1. The van der Waals surface area contributed by atoms with Crippen LogP contribution in [0.1, 0.15) is 39.2 Å². The van der Waals surface area contributed by atoms with E-state index in [1.165, 1.54) is 11.0 Å². The van der Waals surface area contributed by atoms with Crippen LogP contribution < -0.4 is 10.9 Å². The number of H-pyrrole nitrogens is 1. The first-order valence-corrected chi connectivity index (χ1v) is 12.7. The molecule has 0 aromatic carbocycles. The van der Waals surface area contributed by atoms with Crippen LogP contribution in [-0.4, -0.2) is 39.2 Å². The van der Waals surface area contributed by atoms with Crippen molar-refractivity contribution in [3.63, 3.8) is 0 Å². The van der Waals surface area contributed by atoms with Crippen molar-refractivity contribution in [2.24, 2.45) is 5.92 Å². The molecule has 0 spiro atoms. The molecule has 0 aliphatic heterocycles. The third-order valence-electron chi connectivity index (χ3n) is 5.04. The van der Waals surface area contributed by atoms with Crippen molar-refractivity contribution in [1.82, 2.24) is 15.0 Å². The van der Waals surface area contributed by atoms with E-state index >= 15 is 0 Å². The number of hydrogen-bond donors (Lipinski definition) is 2. The number of nitrogens with one attached hydrogen (secondary N) is 2. The summed E-state index contributed by atoms with van der Waals surface area (Å²) in [6, 6.07) is 0. The van der Waals surface area contributed by atoms with Crippen molar-refractivity contribution in [3.8, 4) is 0 Å². The molecule has 2 N–H and O–H groups in total. The van der Waals surface area contributed by atoms with Crippen molar-refractivity contribution in [1.29, 1.82) is 0 Å². The zero-order chi connectivity index (χ0) is 22.8. The molecule has 1 atom stereocenters. The van der Waals surface area contributed by atoms with E-state index in [4.69, 9.17) is 4.74 Å². The molecule has 168 valence electrons. The second-order valence-electron chi connectivity index (χ2n) is 7.56. The molecule has 4 rings (SSSR count). The summed E-state index contributed by atoms with van der Waals surface area (Å²) in [6.07, 6.45) is 4.46. The van der Waals surface area contributed by atoms with Gasteiger partial charge in [0.2, 0.25) is 5.91 Å². The van der Waals surface area contributed by atoms with Crippen molar-refractivity contribution < 1.29 is 14.3 Å². The summed E-state index contributed by atoms with van der Waals surface area (Å²) in [6.45, 7) is 7.51. The van der Waals surface area contributed by atoms with Gasteiger partial charge in [-0.3, -0.25) is 9.59 Å². The highest BCUT2D eigenvalue weighted by atomic mass is 32.2. The zero-order valence-electron chi connectivity index (χ0n) is 17.6. The second kappa shape index (κ2) is 9.55. The standard InChI is InChI=1S/C21H22N4O4S3/c1-4-7-29-19(28)16-11(3)22-21(32-16)23-14(26)9-30-20-24-17(27)15-12-6-5-10(2)8-13(12)31-18(15)25-20/h4,10H,1,5-9H2,2-3H3,(H,22,23,26)(H,24,25,27). The SMILES string of the molecule is C=CCOC(=O)c1sc(NC(=O)CSc2nc3sc4c(c3c(=O)[nH]2)CCC(C)C4)nc1C. The molecule has 1 unspecified atom stereocenters. The van der Waals surface area contributed by atoms with E-state index in [-0.39, 0.29) is 23.8 Å². The van der Waals surface area contributed by atoms with Crippen LogP contribution in [0.2, 0.25) is 0 Å². The third-order valence-corrected chi connectivity index (χ3v) is 8.12. The van der Waals surface area contributed by atoms with Crippen LogP contribution in [0.25, 0.3) is 10.2 Å². The highest BCUT2D eigenvalue weighted by molar-refractivity contribution is 7.99. The van der Waals surface area contributed by atoms with Gasteiger partial charge in [0.25, 0.3) is 5.56 Å². The molecule has 1 amide bonds. The molecule has 3 heterocycles. The Morgan fingerprint density at radius 2 is 2.19 bits per heavy atom. The van der Waals surface area contributed by atoms with Crippen LogP contribution in [0.3, 0.4) is 0 Å². The van der Waals surface area contributed by atoms with E-state index < -0.39 is 5.97 Å². The molecule has 0 radical (unpaired) electrons. The van der Waals surface area contributed by atoms with Crippen LogP contribution in [0, 0.1) is 12.8 Å². The van der Waals surface area contributed by atoms with Crippen molar-refractivity contribution in [3.05, 3.63) is 44.0 Å². The largest absolute Gasteiger partial charge is 0.457 e. The summed E-state index contributed by atoms with van der Waals surface area (Å²) >= 11 is 3.79. The highest BCUT2D eigenvalue weighted by Gasteiger charge is 2.23. The fourth-order valence-corrected chi connectivity index (χ4v) is 6.50. The van der Waals surface area contributed by atoms with Crippen LogP contribution >= 0.6 is 34.4 Å². The lowest BCUT2D eigenvalue weighted by atomic mass is 9.89. The van der Waals surface area contributed by atoms with E-state index in [2.05, 4.69) is 33.8 Å². The fraction of sp³-hybridized carbons (Fsp3) is 0.381. The highest BCUT2D eigenvalue weighted by Crippen LogP contribution is 2.36. The Balaban J connectivity index is 1.42. The van der Waals surface area contributed by atoms with Crippen molar-refractivity contribution >= 4 is 61.7 Å². The van der Waals surface area contributed by atoms with E-state index in [1.54, 1.807) is 18.3 Å². The molecule has 0 bridgehead atoms. The van der Waals surface area contributed by atoms with E-state index in [0.717, 1.165) is 52.8 Å². The number of thiophene rings is 1. The lowest BCUT2D eigenvalue weighted by Crippen LogP contribution is -2.16. The van der Waals surface area contributed by atoms with Gasteiger partial charge in [0.15, 0.2) is 10.3 Å². The maximum absolute atomic E-state index is 12.7. The van der Waals surface area contributed by atoms with Gasteiger partial charge < -0.3 is 15.0 Å². The van der Waals surface area contributed by atoms with Gasteiger partial charge in [-0.05, 0) is 37.7 Å². The van der Waals surface area contributed by atoms with Gasteiger partial charge in [0, 0.05) is 4.88 Å². The summed E-state index contributed by atoms with van der Waals surface area (Å²) < 4.78 is 5.02. The van der Waals surface area contributed by atoms with Gasteiger partial charge in [0.05, 0.1) is 16.8 Å². The molecule has 1 aliphatic rings. The summed E-state index contributed by atoms with van der Waals surface area (Å²) in [5, 5.41) is 4.10. The van der Waals surface area contributed by atoms with Crippen LogP contribution in [-0.2, 0) is 22.4 Å². The number of thioether (sulfide) groups is 1. The number of esters is 1. The van der Waals surface area contributed by atoms with Crippen LogP contribution in [0.4, 0.5) is 5.13 Å². The van der Waals surface area contributed by atoms with E-state index in [9.17, 15) is 14.4 Å². The van der Waals surface area contributed by atoms with Gasteiger partial charge in [-0.15, -0.1) is 11.3 Å². The zero-order valence-corrected chi connectivity index (χ0v) is 20.1. The molecular formula is C21H22N4O4S3. The molecular weight excluding hydrogens is 468 g/mol. The molecule has 3 aromatic heterocycles. The van der Waals surface area contributed by atoms with Gasteiger partial charge in [-0.1, -0.05) is 42.7 Å². The Bertz CT molecular complexity index is 1260. The summed E-state index contributed by atoms with van der Waals surface area (Å²) in [5.74, 6) is -0.147. The Labute approximate surface area is 196 Å². The number of aromatic amines is 1. The second-order valence-corrected chi connectivity index (χ2v) is 10.6. The van der Waals surface area contributed by atoms with Crippen molar-refractivity contribution in [2.45, 2.75) is 38.3 Å². The van der Waals surface area contributed by atoms with Gasteiger partial charge in [0.1, 0.15) is 16.3 Å². The normalized spacial score (nSPS) is 15.4. The number of amides is 1. The number of carbonyl (C=O) groups excluding carboxylic acids is 2. The Kier molecular flexibility index (Phi) is 6.77. The van der Waals surface area contributed by atoms with Gasteiger partial charge in [-0.2, -0.15) is 0 Å². The first kappa shape index (κ1) is 22.7. The van der Waals surface area contributed by atoms with E-state index in [1.807, 2.05) is 0 Å². The lowest BCUT2D eigenvalue weighted by molar-refractivity contribution is -0.113. The molecule has 1 aliphatic carbocycles. The summed E-state index contributed by atoms with van der Waals surface area (Å²) in [4.78, 5) is 51.0. The summed E-state index contributed by atoms with van der Waals surface area (Å²) in [5.41, 5.74) is 1.47. The summed E-state index contributed by atoms with van der Waals surface area (Å²) in [7, 11) is 0. The molecule has 8 nitrogen and oxygen atoms in total. The third kappa shape index (κ3) is 4.79. The minimum atomic E-state index is -0.502. The number of ether oxygens (including phenoxy) is 1. The number of aryl methyl sites for hydroxylation is 2. The van der Waals surface area contributed by atoms with Gasteiger partial charge >= 0.3 is 5.97 Å².